The molecule has 0 unspecified atom stereocenters. The number of anilines is 1. The third kappa shape index (κ3) is 3.84. The van der Waals surface area contributed by atoms with Gasteiger partial charge in [-0.05, 0) is 48.5 Å². The number of methoxy groups -OCH3 is 2. The Morgan fingerprint density at radius 2 is 1.81 bits per heavy atom. The van der Waals surface area contributed by atoms with E-state index in [1.165, 1.54) is 0 Å². The molecule has 3 aromatic rings. The number of rotatable bonds is 6. The lowest BCUT2D eigenvalue weighted by Gasteiger charge is -2.08. The molecule has 0 atom stereocenters. The van der Waals surface area contributed by atoms with Crippen molar-refractivity contribution in [3.8, 4) is 11.4 Å². The van der Waals surface area contributed by atoms with Gasteiger partial charge in [0.2, 0.25) is 0 Å². The number of carbonyl (C=O) groups excluding carboxylic acids is 1. The van der Waals surface area contributed by atoms with E-state index in [0.717, 1.165) is 11.4 Å². The average Bonchev–Trinajstić information content (AvgIpc) is 3.08. The van der Waals surface area contributed by atoms with Crippen LogP contribution in [-0.2, 0) is 11.3 Å². The van der Waals surface area contributed by atoms with Crippen LogP contribution in [0.15, 0.2) is 48.5 Å². The minimum absolute atomic E-state index is 0.183. The maximum absolute atomic E-state index is 12.6. The second-order valence-corrected chi connectivity index (χ2v) is 5.83. The van der Waals surface area contributed by atoms with E-state index >= 15 is 0 Å². The van der Waals surface area contributed by atoms with Crippen LogP contribution in [0.1, 0.15) is 16.2 Å². The van der Waals surface area contributed by atoms with Crippen LogP contribution in [0.4, 0.5) is 5.69 Å². The van der Waals surface area contributed by atoms with Crippen molar-refractivity contribution < 1.29 is 14.3 Å². The smallest absolute Gasteiger partial charge is 0.278 e. The number of nitrogens with zero attached hydrogens (tertiary/aromatic N) is 3. The van der Waals surface area contributed by atoms with Crippen LogP contribution in [0.25, 0.3) is 5.69 Å². The number of amides is 1. The molecular formula is C18H17ClN4O3. The molecule has 1 amide bonds. The van der Waals surface area contributed by atoms with Crippen LogP contribution in [-0.4, -0.2) is 35.1 Å². The Labute approximate surface area is 155 Å². The van der Waals surface area contributed by atoms with E-state index in [1.807, 2.05) is 12.1 Å². The van der Waals surface area contributed by atoms with Gasteiger partial charge in [-0.25, -0.2) is 4.68 Å². The molecule has 3 rings (SSSR count). The summed E-state index contributed by atoms with van der Waals surface area (Å²) in [6.45, 7) is 0.183. The lowest BCUT2D eigenvalue weighted by atomic mass is 10.2. The predicted molar refractivity (Wildman–Crippen MR) is 98.0 cm³/mol. The lowest BCUT2D eigenvalue weighted by molar-refractivity contribution is 0.101. The molecule has 0 saturated heterocycles. The van der Waals surface area contributed by atoms with Crippen molar-refractivity contribution in [3.05, 3.63) is 64.9 Å². The fourth-order valence-corrected chi connectivity index (χ4v) is 2.52. The van der Waals surface area contributed by atoms with Gasteiger partial charge in [0.1, 0.15) is 11.4 Å². The quantitative estimate of drug-likeness (QED) is 0.718. The molecule has 0 radical (unpaired) electrons. The van der Waals surface area contributed by atoms with Crippen molar-refractivity contribution in [2.45, 2.75) is 6.61 Å². The molecule has 8 heteroatoms. The van der Waals surface area contributed by atoms with Crippen molar-refractivity contribution in [2.24, 2.45) is 0 Å². The monoisotopic (exact) mass is 372 g/mol. The van der Waals surface area contributed by atoms with Gasteiger partial charge in [-0.2, -0.15) is 0 Å². The normalized spacial score (nSPS) is 10.6. The zero-order valence-corrected chi connectivity index (χ0v) is 15.0. The zero-order valence-electron chi connectivity index (χ0n) is 14.3. The molecule has 0 aliphatic carbocycles. The Kier molecular flexibility index (Phi) is 5.50. The van der Waals surface area contributed by atoms with Crippen LogP contribution in [0.2, 0.25) is 5.02 Å². The molecule has 0 aliphatic rings. The summed E-state index contributed by atoms with van der Waals surface area (Å²) in [4.78, 5) is 12.6. The minimum atomic E-state index is -0.376. The fourth-order valence-electron chi connectivity index (χ4n) is 2.40. The van der Waals surface area contributed by atoms with Crippen LogP contribution in [0, 0.1) is 0 Å². The van der Waals surface area contributed by atoms with Crippen molar-refractivity contribution >= 4 is 23.2 Å². The molecule has 1 N–H and O–H groups in total. The van der Waals surface area contributed by atoms with Gasteiger partial charge in [-0.3, -0.25) is 4.79 Å². The Hall–Kier alpha value is -2.90. The molecule has 0 fully saturated rings. The number of hydrogen-bond donors (Lipinski definition) is 1. The van der Waals surface area contributed by atoms with Gasteiger partial charge in [0, 0.05) is 17.8 Å². The topological polar surface area (TPSA) is 78.3 Å². The molecule has 0 saturated carbocycles. The third-order valence-corrected chi connectivity index (χ3v) is 3.93. The molecule has 7 nitrogen and oxygen atoms in total. The van der Waals surface area contributed by atoms with E-state index < -0.39 is 0 Å². The van der Waals surface area contributed by atoms with Gasteiger partial charge >= 0.3 is 0 Å². The van der Waals surface area contributed by atoms with E-state index in [1.54, 1.807) is 55.3 Å². The van der Waals surface area contributed by atoms with E-state index in [4.69, 9.17) is 21.1 Å². The molecule has 134 valence electrons. The second kappa shape index (κ2) is 7.99. The molecule has 1 aromatic heterocycles. The first-order chi connectivity index (χ1) is 12.6. The fraction of sp³-hybridized carbons (Fsp3) is 0.167. The average molecular weight is 373 g/mol. The zero-order chi connectivity index (χ0) is 18.5. The number of benzene rings is 2. The summed E-state index contributed by atoms with van der Waals surface area (Å²) in [6, 6.07) is 14.1. The number of carbonyl (C=O) groups is 1. The summed E-state index contributed by atoms with van der Waals surface area (Å²) in [5.74, 6) is 0.349. The first-order valence-corrected chi connectivity index (χ1v) is 8.15. The van der Waals surface area contributed by atoms with E-state index in [9.17, 15) is 4.79 Å². The maximum Gasteiger partial charge on any atom is 0.278 e. The summed E-state index contributed by atoms with van der Waals surface area (Å²) in [5, 5.41) is 11.5. The largest absolute Gasteiger partial charge is 0.497 e. The van der Waals surface area contributed by atoms with Crippen LogP contribution in [0.5, 0.6) is 5.75 Å². The third-order valence-electron chi connectivity index (χ3n) is 3.68. The summed E-state index contributed by atoms with van der Waals surface area (Å²) < 4.78 is 12.0. The van der Waals surface area contributed by atoms with Crippen molar-refractivity contribution in [1.82, 2.24) is 15.0 Å². The Morgan fingerprint density at radius 3 is 2.42 bits per heavy atom. The molecule has 0 aliphatic heterocycles. The summed E-state index contributed by atoms with van der Waals surface area (Å²) in [6.07, 6.45) is 0. The number of ether oxygens (including phenoxy) is 2. The highest BCUT2D eigenvalue weighted by atomic mass is 35.5. The first-order valence-electron chi connectivity index (χ1n) is 7.77. The van der Waals surface area contributed by atoms with Crippen LogP contribution < -0.4 is 10.1 Å². The first kappa shape index (κ1) is 17.9. The second-order valence-electron chi connectivity index (χ2n) is 5.39. The summed E-state index contributed by atoms with van der Waals surface area (Å²) in [7, 11) is 3.15. The van der Waals surface area contributed by atoms with Gasteiger partial charge in [0.25, 0.3) is 5.91 Å². The maximum atomic E-state index is 12.6. The van der Waals surface area contributed by atoms with Crippen molar-refractivity contribution in [3.63, 3.8) is 0 Å². The van der Waals surface area contributed by atoms with Gasteiger partial charge in [0.15, 0.2) is 5.69 Å². The molecular weight excluding hydrogens is 356 g/mol. The highest BCUT2D eigenvalue weighted by molar-refractivity contribution is 6.30. The minimum Gasteiger partial charge on any atom is -0.497 e. The van der Waals surface area contributed by atoms with E-state index in [0.29, 0.717) is 16.4 Å². The van der Waals surface area contributed by atoms with Crippen molar-refractivity contribution in [2.75, 3.05) is 19.5 Å². The number of aromatic nitrogens is 3. The van der Waals surface area contributed by atoms with Gasteiger partial charge in [-0.15, -0.1) is 5.10 Å². The van der Waals surface area contributed by atoms with Crippen LogP contribution >= 0.6 is 11.6 Å². The number of nitrogens with one attached hydrogen (secondary N) is 1. The van der Waals surface area contributed by atoms with Gasteiger partial charge in [-0.1, -0.05) is 16.8 Å². The standard InChI is InChI=1S/C18H17ClN4O3/c1-25-11-16-17(18(24)20-13-5-3-12(19)4-6-13)21-22-23(16)14-7-9-15(26-2)10-8-14/h3-10H,11H2,1-2H3,(H,20,24). The molecule has 0 spiro atoms. The van der Waals surface area contributed by atoms with E-state index in [-0.39, 0.29) is 18.2 Å². The lowest BCUT2D eigenvalue weighted by Crippen LogP contribution is -2.16. The molecule has 0 bridgehead atoms. The highest BCUT2D eigenvalue weighted by Crippen LogP contribution is 2.19. The number of halogens is 1. The molecule has 26 heavy (non-hydrogen) atoms. The predicted octanol–water partition coefficient (Wildman–Crippen LogP) is 3.33. The molecule has 2 aromatic carbocycles. The van der Waals surface area contributed by atoms with Gasteiger partial charge in [0.05, 0.1) is 19.4 Å². The highest BCUT2D eigenvalue weighted by Gasteiger charge is 2.20. The SMILES string of the molecule is COCc1c(C(=O)Nc2ccc(Cl)cc2)nnn1-c1ccc(OC)cc1. The Bertz CT molecular complexity index is 892. The Morgan fingerprint density at radius 1 is 1.12 bits per heavy atom. The van der Waals surface area contributed by atoms with Crippen molar-refractivity contribution in [1.29, 1.82) is 0 Å². The summed E-state index contributed by atoms with van der Waals surface area (Å²) >= 11 is 5.86. The van der Waals surface area contributed by atoms with Crippen LogP contribution in [0.3, 0.4) is 0 Å². The molecule has 1 heterocycles. The van der Waals surface area contributed by atoms with E-state index in [2.05, 4.69) is 15.6 Å². The summed E-state index contributed by atoms with van der Waals surface area (Å²) in [5.41, 5.74) is 2.10. The number of hydrogen-bond acceptors (Lipinski definition) is 5. The Balaban J connectivity index is 1.90. The van der Waals surface area contributed by atoms with Gasteiger partial charge < -0.3 is 14.8 Å².